The lowest BCUT2D eigenvalue weighted by molar-refractivity contribution is 0.00728. The van der Waals surface area contributed by atoms with Crippen LogP contribution in [0.4, 0.5) is 0 Å². The van der Waals surface area contributed by atoms with Crippen LogP contribution >= 0.6 is 11.6 Å². The Morgan fingerprint density at radius 2 is 2.42 bits per heavy atom. The molecule has 1 saturated carbocycles. The van der Waals surface area contributed by atoms with Crippen molar-refractivity contribution in [1.82, 2.24) is 4.90 Å². The summed E-state index contributed by atoms with van der Waals surface area (Å²) in [6.45, 7) is 2.81. The normalized spacial score (nSPS) is 43.0. The summed E-state index contributed by atoms with van der Waals surface area (Å²) in [4.78, 5) is 2.32. The standard InChI is InChI=1S/C8H14ClNO2/c9-8-4-10(1-2-12-8)7-3-6(7)5-11/h6-8,11H,1-5H2. The van der Waals surface area contributed by atoms with Crippen molar-refractivity contribution in [1.29, 1.82) is 0 Å². The quantitative estimate of drug-likeness (QED) is 0.636. The topological polar surface area (TPSA) is 32.7 Å². The van der Waals surface area contributed by atoms with Crippen molar-refractivity contribution in [2.24, 2.45) is 5.92 Å². The molecule has 0 radical (unpaired) electrons. The summed E-state index contributed by atoms with van der Waals surface area (Å²) in [5, 5.41) is 8.88. The van der Waals surface area contributed by atoms with E-state index in [1.165, 1.54) is 0 Å². The molecule has 3 unspecified atom stereocenters. The zero-order valence-electron chi connectivity index (χ0n) is 6.95. The molecule has 1 saturated heterocycles. The largest absolute Gasteiger partial charge is 0.396 e. The number of rotatable bonds is 2. The molecule has 1 aliphatic carbocycles. The van der Waals surface area contributed by atoms with Crippen molar-refractivity contribution in [3.8, 4) is 0 Å². The number of aliphatic hydroxyl groups is 1. The van der Waals surface area contributed by atoms with Crippen LogP contribution in [-0.4, -0.2) is 47.9 Å². The van der Waals surface area contributed by atoms with Crippen LogP contribution in [0.3, 0.4) is 0 Å². The number of ether oxygens (including phenoxy) is 1. The van der Waals surface area contributed by atoms with Gasteiger partial charge in [0, 0.05) is 25.7 Å². The fraction of sp³-hybridized carbons (Fsp3) is 1.00. The molecular weight excluding hydrogens is 178 g/mol. The van der Waals surface area contributed by atoms with Crippen molar-refractivity contribution in [3.63, 3.8) is 0 Å². The Kier molecular flexibility index (Phi) is 2.55. The smallest absolute Gasteiger partial charge is 0.143 e. The van der Waals surface area contributed by atoms with Crippen LogP contribution in [0.2, 0.25) is 0 Å². The number of hydrogen-bond donors (Lipinski definition) is 1. The Morgan fingerprint density at radius 1 is 1.58 bits per heavy atom. The second kappa shape index (κ2) is 3.50. The van der Waals surface area contributed by atoms with Gasteiger partial charge in [0.1, 0.15) is 5.56 Å². The molecule has 0 aromatic rings. The summed E-state index contributed by atoms with van der Waals surface area (Å²) < 4.78 is 5.22. The number of aliphatic hydroxyl groups excluding tert-OH is 1. The van der Waals surface area contributed by atoms with Crippen molar-refractivity contribution in [2.75, 3.05) is 26.3 Å². The minimum Gasteiger partial charge on any atom is -0.396 e. The Hall–Kier alpha value is 0.170. The van der Waals surface area contributed by atoms with E-state index in [9.17, 15) is 0 Å². The number of nitrogens with zero attached hydrogens (tertiary/aromatic N) is 1. The summed E-state index contributed by atoms with van der Waals surface area (Å²) in [5.74, 6) is 0.493. The van der Waals surface area contributed by atoms with E-state index in [0.29, 0.717) is 18.6 Å². The van der Waals surface area contributed by atoms with Crippen LogP contribution in [0.1, 0.15) is 6.42 Å². The highest BCUT2D eigenvalue weighted by atomic mass is 35.5. The maximum atomic E-state index is 8.88. The average Bonchev–Trinajstić information content (AvgIpc) is 2.83. The maximum absolute atomic E-state index is 8.88. The zero-order chi connectivity index (χ0) is 8.55. The molecule has 70 valence electrons. The summed E-state index contributed by atoms with van der Waals surface area (Å²) in [5.41, 5.74) is -0.154. The van der Waals surface area contributed by atoms with Gasteiger partial charge in [0.25, 0.3) is 0 Å². The summed E-state index contributed by atoms with van der Waals surface area (Å²) >= 11 is 5.85. The summed E-state index contributed by atoms with van der Waals surface area (Å²) in [6.07, 6.45) is 1.13. The highest BCUT2D eigenvalue weighted by Crippen LogP contribution is 2.36. The molecule has 2 rings (SSSR count). The van der Waals surface area contributed by atoms with Crippen LogP contribution in [0.15, 0.2) is 0 Å². The number of alkyl halides is 1. The fourth-order valence-electron chi connectivity index (χ4n) is 1.80. The fourth-order valence-corrected chi connectivity index (χ4v) is 2.07. The van der Waals surface area contributed by atoms with Gasteiger partial charge >= 0.3 is 0 Å². The molecule has 3 atom stereocenters. The summed E-state index contributed by atoms with van der Waals surface area (Å²) in [6, 6.07) is 0.570. The number of hydrogen-bond acceptors (Lipinski definition) is 3. The van der Waals surface area contributed by atoms with E-state index in [1.54, 1.807) is 0 Å². The number of halogens is 1. The van der Waals surface area contributed by atoms with Crippen LogP contribution in [0.25, 0.3) is 0 Å². The molecule has 1 N–H and O–H groups in total. The molecule has 0 bridgehead atoms. The average molecular weight is 192 g/mol. The predicted molar refractivity (Wildman–Crippen MR) is 46.1 cm³/mol. The van der Waals surface area contributed by atoms with Crippen molar-refractivity contribution >= 4 is 11.6 Å². The van der Waals surface area contributed by atoms with Crippen molar-refractivity contribution in [2.45, 2.75) is 18.0 Å². The minimum absolute atomic E-state index is 0.154. The van der Waals surface area contributed by atoms with Gasteiger partial charge in [-0.25, -0.2) is 0 Å². The lowest BCUT2D eigenvalue weighted by Gasteiger charge is -2.30. The van der Waals surface area contributed by atoms with Crippen LogP contribution in [0, 0.1) is 5.92 Å². The first-order valence-corrected chi connectivity index (χ1v) is 4.85. The van der Waals surface area contributed by atoms with Gasteiger partial charge in [0.05, 0.1) is 6.61 Å². The lowest BCUT2D eigenvalue weighted by Crippen LogP contribution is -2.42. The third kappa shape index (κ3) is 1.74. The van der Waals surface area contributed by atoms with E-state index in [1.807, 2.05) is 0 Å². The molecule has 12 heavy (non-hydrogen) atoms. The molecule has 1 heterocycles. The zero-order valence-corrected chi connectivity index (χ0v) is 7.70. The van der Waals surface area contributed by atoms with Gasteiger partial charge in [-0.15, -0.1) is 0 Å². The molecule has 3 nitrogen and oxygen atoms in total. The maximum Gasteiger partial charge on any atom is 0.143 e. The molecule has 1 aliphatic heterocycles. The van der Waals surface area contributed by atoms with E-state index < -0.39 is 0 Å². The van der Waals surface area contributed by atoms with Gasteiger partial charge in [-0.05, 0) is 12.3 Å². The molecule has 2 fully saturated rings. The van der Waals surface area contributed by atoms with Gasteiger partial charge in [0.15, 0.2) is 0 Å². The molecular formula is C8H14ClNO2. The third-order valence-electron chi connectivity index (χ3n) is 2.64. The van der Waals surface area contributed by atoms with Crippen molar-refractivity contribution < 1.29 is 9.84 Å². The van der Waals surface area contributed by atoms with E-state index >= 15 is 0 Å². The SMILES string of the molecule is OCC1CC1N1CCOC(Cl)C1. The second-order valence-electron chi connectivity index (χ2n) is 3.52. The van der Waals surface area contributed by atoms with Gasteiger partial charge in [0.2, 0.25) is 0 Å². The van der Waals surface area contributed by atoms with E-state index in [-0.39, 0.29) is 5.56 Å². The van der Waals surface area contributed by atoms with E-state index in [2.05, 4.69) is 4.90 Å². The predicted octanol–water partition coefficient (Wildman–Crippen LogP) is 0.264. The highest BCUT2D eigenvalue weighted by molar-refractivity contribution is 6.19. The van der Waals surface area contributed by atoms with Crippen LogP contribution in [0.5, 0.6) is 0 Å². The van der Waals surface area contributed by atoms with Gasteiger partial charge in [-0.1, -0.05) is 11.6 Å². The highest BCUT2D eigenvalue weighted by Gasteiger charge is 2.42. The monoisotopic (exact) mass is 191 g/mol. The Labute approximate surface area is 77.3 Å². The Morgan fingerprint density at radius 3 is 3.00 bits per heavy atom. The molecule has 0 aromatic heterocycles. The molecule has 2 aliphatic rings. The number of morpholine rings is 1. The minimum atomic E-state index is -0.154. The first-order chi connectivity index (χ1) is 5.81. The van der Waals surface area contributed by atoms with Gasteiger partial charge in [-0.3, -0.25) is 4.90 Å². The van der Waals surface area contributed by atoms with Crippen molar-refractivity contribution in [3.05, 3.63) is 0 Å². The lowest BCUT2D eigenvalue weighted by atomic mass is 10.3. The van der Waals surface area contributed by atoms with Gasteiger partial charge in [-0.2, -0.15) is 0 Å². The Balaban J connectivity index is 1.81. The van der Waals surface area contributed by atoms with E-state index in [4.69, 9.17) is 21.4 Å². The Bertz CT molecular complexity index is 167. The second-order valence-corrected chi connectivity index (χ2v) is 4.01. The summed E-state index contributed by atoms with van der Waals surface area (Å²) in [7, 11) is 0. The van der Waals surface area contributed by atoms with Crippen LogP contribution < -0.4 is 0 Å². The molecule has 0 spiro atoms. The van der Waals surface area contributed by atoms with Gasteiger partial charge < -0.3 is 9.84 Å². The molecule has 4 heteroatoms. The van der Waals surface area contributed by atoms with E-state index in [0.717, 1.165) is 26.1 Å². The molecule has 0 aromatic carbocycles. The first kappa shape index (κ1) is 8.75. The first-order valence-electron chi connectivity index (χ1n) is 4.42. The van der Waals surface area contributed by atoms with Crippen LogP contribution in [-0.2, 0) is 4.74 Å². The third-order valence-corrected chi connectivity index (χ3v) is 2.91. The molecule has 0 amide bonds.